The maximum absolute atomic E-state index is 13.4. The number of carbonyl (C=O) groups excluding carboxylic acids is 1. The summed E-state index contributed by atoms with van der Waals surface area (Å²) in [4.78, 5) is 35.6. The quantitative estimate of drug-likeness (QED) is 0.517. The van der Waals surface area contributed by atoms with Crippen LogP contribution < -0.4 is 10.5 Å². The Morgan fingerprint density at radius 3 is 2.81 bits per heavy atom. The van der Waals surface area contributed by atoms with Crippen molar-refractivity contribution in [3.63, 3.8) is 0 Å². The van der Waals surface area contributed by atoms with Gasteiger partial charge in [-0.1, -0.05) is 30.0 Å². The normalized spacial score (nSPS) is 23.5. The minimum Gasteiger partial charge on any atom is -0.376 e. The SMILES string of the molecule is O=C1/C(=C\c2c(N3CCCCC3)nc3ccccn3c2=O)SC(=S)N1C[C@@H]1CCCO1. The number of thioether (sulfide) groups is 1. The molecule has 7 nitrogen and oxygen atoms in total. The highest BCUT2D eigenvalue weighted by atomic mass is 32.2. The van der Waals surface area contributed by atoms with Gasteiger partial charge in [-0.2, -0.15) is 0 Å². The van der Waals surface area contributed by atoms with Gasteiger partial charge in [-0.3, -0.25) is 18.9 Å². The molecule has 2 aromatic rings. The maximum Gasteiger partial charge on any atom is 0.267 e. The molecule has 31 heavy (non-hydrogen) atoms. The fourth-order valence-electron chi connectivity index (χ4n) is 4.34. The first-order valence-corrected chi connectivity index (χ1v) is 12.0. The second kappa shape index (κ2) is 8.72. The maximum atomic E-state index is 13.4. The summed E-state index contributed by atoms with van der Waals surface area (Å²) in [6.45, 7) is 2.91. The van der Waals surface area contributed by atoms with Gasteiger partial charge in [-0.05, 0) is 50.3 Å². The summed E-state index contributed by atoms with van der Waals surface area (Å²) in [6.07, 6.45) is 8.69. The van der Waals surface area contributed by atoms with E-state index in [2.05, 4.69) is 4.90 Å². The van der Waals surface area contributed by atoms with Gasteiger partial charge in [-0.25, -0.2) is 4.98 Å². The summed E-state index contributed by atoms with van der Waals surface area (Å²) < 4.78 is 7.73. The number of aromatic nitrogens is 2. The van der Waals surface area contributed by atoms with Crippen LogP contribution in [0.25, 0.3) is 11.7 Å². The lowest BCUT2D eigenvalue weighted by atomic mass is 10.1. The lowest BCUT2D eigenvalue weighted by Gasteiger charge is -2.29. The molecular formula is C22H24N4O3S2. The van der Waals surface area contributed by atoms with Gasteiger partial charge in [0.15, 0.2) is 0 Å². The monoisotopic (exact) mass is 456 g/mol. The zero-order valence-corrected chi connectivity index (χ0v) is 18.8. The number of thiocarbonyl (C=S) groups is 1. The fraction of sp³-hybridized carbons (Fsp3) is 0.455. The fourth-order valence-corrected chi connectivity index (χ4v) is 5.60. The van der Waals surface area contributed by atoms with Crippen molar-refractivity contribution in [3.8, 4) is 0 Å². The highest BCUT2D eigenvalue weighted by molar-refractivity contribution is 8.26. The first-order valence-electron chi connectivity index (χ1n) is 10.7. The van der Waals surface area contributed by atoms with Crippen molar-refractivity contribution in [1.82, 2.24) is 14.3 Å². The molecule has 0 unspecified atom stereocenters. The second-order valence-electron chi connectivity index (χ2n) is 8.06. The third-order valence-electron chi connectivity index (χ3n) is 5.96. The zero-order chi connectivity index (χ0) is 21.4. The number of piperidine rings is 1. The molecule has 2 aromatic heterocycles. The largest absolute Gasteiger partial charge is 0.376 e. The van der Waals surface area contributed by atoms with Crippen LogP contribution in [0, 0.1) is 0 Å². The number of pyridine rings is 1. The molecule has 0 bridgehead atoms. The molecule has 0 spiro atoms. The van der Waals surface area contributed by atoms with Crippen LogP contribution in [0.3, 0.4) is 0 Å². The van der Waals surface area contributed by atoms with E-state index in [1.807, 2.05) is 18.2 Å². The Balaban J connectivity index is 1.55. The molecule has 5 rings (SSSR count). The van der Waals surface area contributed by atoms with Crippen molar-refractivity contribution in [3.05, 3.63) is 45.2 Å². The van der Waals surface area contributed by atoms with Gasteiger partial charge in [0.1, 0.15) is 15.8 Å². The molecule has 0 N–H and O–H groups in total. The lowest BCUT2D eigenvalue weighted by molar-refractivity contribution is -0.123. The third-order valence-corrected chi connectivity index (χ3v) is 7.34. The van der Waals surface area contributed by atoms with Crippen molar-refractivity contribution in [1.29, 1.82) is 0 Å². The van der Waals surface area contributed by atoms with Crippen LogP contribution in [0.1, 0.15) is 37.7 Å². The van der Waals surface area contributed by atoms with Gasteiger partial charge in [0, 0.05) is 25.9 Å². The molecule has 1 atom stereocenters. The highest BCUT2D eigenvalue weighted by Crippen LogP contribution is 2.34. The molecule has 162 valence electrons. The predicted molar refractivity (Wildman–Crippen MR) is 126 cm³/mol. The van der Waals surface area contributed by atoms with E-state index >= 15 is 0 Å². The van der Waals surface area contributed by atoms with Crippen LogP contribution in [0.5, 0.6) is 0 Å². The Kier molecular flexibility index (Phi) is 5.81. The number of rotatable bonds is 4. The van der Waals surface area contributed by atoms with Crippen LogP contribution in [0.15, 0.2) is 34.1 Å². The minimum absolute atomic E-state index is 0.0266. The molecule has 1 amide bonds. The van der Waals surface area contributed by atoms with E-state index in [1.54, 1.807) is 17.2 Å². The average molecular weight is 457 g/mol. The number of hydrogen-bond donors (Lipinski definition) is 0. The summed E-state index contributed by atoms with van der Waals surface area (Å²) in [5.41, 5.74) is 0.884. The van der Waals surface area contributed by atoms with Crippen LogP contribution >= 0.6 is 24.0 Å². The minimum atomic E-state index is -0.171. The molecule has 3 aliphatic heterocycles. The standard InChI is InChI=1S/C22H24N4O3S2/c27-20-16(13-17-21(28)26(22(30)31-17)14-15-7-6-12-29-15)19(24-9-3-1-4-10-24)23-18-8-2-5-11-25(18)20/h2,5,8,11,13,15H,1,3-4,6-7,9-10,12,14H2/b17-13+/t15-/m0/s1. The molecule has 0 aliphatic carbocycles. The lowest BCUT2D eigenvalue weighted by Crippen LogP contribution is -2.35. The summed E-state index contributed by atoms with van der Waals surface area (Å²) in [7, 11) is 0. The first-order chi connectivity index (χ1) is 15.1. The molecule has 0 saturated carbocycles. The Morgan fingerprint density at radius 2 is 2.03 bits per heavy atom. The summed E-state index contributed by atoms with van der Waals surface area (Å²) >= 11 is 6.72. The Morgan fingerprint density at radius 1 is 1.19 bits per heavy atom. The van der Waals surface area contributed by atoms with E-state index in [4.69, 9.17) is 21.9 Å². The number of carbonyl (C=O) groups is 1. The van der Waals surface area contributed by atoms with Crippen molar-refractivity contribution < 1.29 is 9.53 Å². The Bertz CT molecular complexity index is 1120. The molecule has 5 heterocycles. The number of fused-ring (bicyclic) bond motifs is 1. The smallest absolute Gasteiger partial charge is 0.267 e. The van der Waals surface area contributed by atoms with Crippen LogP contribution in [-0.4, -0.2) is 56.9 Å². The molecule has 3 aliphatic rings. The van der Waals surface area contributed by atoms with E-state index in [9.17, 15) is 9.59 Å². The predicted octanol–water partition coefficient (Wildman–Crippen LogP) is 3.07. The molecule has 3 fully saturated rings. The third kappa shape index (κ3) is 4.02. The average Bonchev–Trinajstić information content (AvgIpc) is 3.40. The number of hydrogen-bond acceptors (Lipinski definition) is 7. The van der Waals surface area contributed by atoms with E-state index in [0.717, 1.165) is 45.4 Å². The van der Waals surface area contributed by atoms with Gasteiger partial charge in [0.05, 0.1) is 23.1 Å². The summed E-state index contributed by atoms with van der Waals surface area (Å²) in [5.74, 6) is 0.493. The number of ether oxygens (including phenoxy) is 1. The van der Waals surface area contributed by atoms with E-state index in [-0.39, 0.29) is 17.6 Å². The van der Waals surface area contributed by atoms with Crippen molar-refractivity contribution in [2.45, 2.75) is 38.2 Å². The van der Waals surface area contributed by atoms with Gasteiger partial charge in [-0.15, -0.1) is 0 Å². The topological polar surface area (TPSA) is 67.2 Å². The van der Waals surface area contributed by atoms with Gasteiger partial charge in [0.25, 0.3) is 11.5 Å². The van der Waals surface area contributed by atoms with Gasteiger partial charge in [0.2, 0.25) is 0 Å². The van der Waals surface area contributed by atoms with Crippen molar-refractivity contribution in [2.75, 3.05) is 31.1 Å². The Labute approximate surface area is 190 Å². The number of amides is 1. The molecule has 0 radical (unpaired) electrons. The van der Waals surface area contributed by atoms with Crippen LogP contribution in [0.4, 0.5) is 5.82 Å². The van der Waals surface area contributed by atoms with Crippen LogP contribution in [-0.2, 0) is 9.53 Å². The van der Waals surface area contributed by atoms with Crippen molar-refractivity contribution in [2.24, 2.45) is 0 Å². The highest BCUT2D eigenvalue weighted by Gasteiger charge is 2.35. The molecule has 3 saturated heterocycles. The van der Waals surface area contributed by atoms with Crippen LogP contribution in [0.2, 0.25) is 0 Å². The van der Waals surface area contributed by atoms with Gasteiger partial charge < -0.3 is 9.64 Å². The van der Waals surface area contributed by atoms with E-state index < -0.39 is 0 Å². The van der Waals surface area contributed by atoms with Crippen molar-refractivity contribution >= 4 is 51.7 Å². The Hall–Kier alpha value is -2.23. The summed E-state index contributed by atoms with van der Waals surface area (Å²) in [6, 6.07) is 5.51. The van der Waals surface area contributed by atoms with Gasteiger partial charge >= 0.3 is 0 Å². The summed E-state index contributed by atoms with van der Waals surface area (Å²) in [5, 5.41) is 0. The second-order valence-corrected chi connectivity index (χ2v) is 9.73. The van der Waals surface area contributed by atoms with E-state index in [0.29, 0.717) is 32.8 Å². The first kappa shape index (κ1) is 20.7. The zero-order valence-electron chi connectivity index (χ0n) is 17.2. The molecule has 0 aromatic carbocycles. The molecular weight excluding hydrogens is 432 g/mol. The molecule has 9 heteroatoms. The van der Waals surface area contributed by atoms with E-state index in [1.165, 1.54) is 22.6 Å². The number of nitrogens with zero attached hydrogens (tertiary/aromatic N) is 4. The number of anilines is 1.